The number of fused-ring (bicyclic) bond motifs is 1. The van der Waals surface area contributed by atoms with E-state index in [2.05, 4.69) is 20.2 Å². The van der Waals surface area contributed by atoms with Crippen molar-refractivity contribution in [1.82, 2.24) is 19.8 Å². The summed E-state index contributed by atoms with van der Waals surface area (Å²) in [5.74, 6) is 1.38. The molecule has 1 saturated heterocycles. The minimum absolute atomic E-state index is 0.0757. The van der Waals surface area contributed by atoms with Gasteiger partial charge in [-0.15, -0.1) is 15.3 Å². The summed E-state index contributed by atoms with van der Waals surface area (Å²) in [5.41, 5.74) is 0.729. The molecule has 20 heavy (non-hydrogen) atoms. The van der Waals surface area contributed by atoms with Gasteiger partial charge in [-0.2, -0.15) is 4.52 Å². The highest BCUT2D eigenvalue weighted by Crippen LogP contribution is 2.22. The van der Waals surface area contributed by atoms with Gasteiger partial charge in [-0.25, -0.2) is 0 Å². The second-order valence-corrected chi connectivity index (χ2v) is 5.02. The fraction of sp³-hybridized carbons (Fsp3) is 0.538. The maximum atomic E-state index is 11.7. The number of nitrogens with zero attached hydrogens (tertiary/aromatic N) is 5. The zero-order valence-corrected chi connectivity index (χ0v) is 11.6. The number of aryl methyl sites for hydroxylation is 1. The Kier molecular flexibility index (Phi) is 3.25. The van der Waals surface area contributed by atoms with Crippen LogP contribution in [-0.2, 0) is 9.53 Å². The number of hydrogen-bond donors (Lipinski definition) is 0. The Labute approximate surface area is 116 Å². The SMILES string of the molecule is COC(=O)[C@@H]1CCCN(c2ccc3nnc(C)n3n2)C1. The third-order valence-electron chi connectivity index (χ3n) is 3.68. The van der Waals surface area contributed by atoms with Gasteiger partial charge in [0.15, 0.2) is 11.5 Å². The van der Waals surface area contributed by atoms with E-state index in [9.17, 15) is 4.79 Å². The summed E-state index contributed by atoms with van der Waals surface area (Å²) >= 11 is 0. The minimum Gasteiger partial charge on any atom is -0.469 e. The van der Waals surface area contributed by atoms with Gasteiger partial charge in [0.25, 0.3) is 0 Å². The minimum atomic E-state index is -0.142. The van der Waals surface area contributed by atoms with Gasteiger partial charge in [-0.1, -0.05) is 0 Å². The van der Waals surface area contributed by atoms with Gasteiger partial charge in [-0.3, -0.25) is 4.79 Å². The first-order chi connectivity index (χ1) is 9.69. The largest absolute Gasteiger partial charge is 0.469 e. The van der Waals surface area contributed by atoms with E-state index in [0.29, 0.717) is 6.54 Å². The molecule has 0 aromatic carbocycles. The maximum Gasteiger partial charge on any atom is 0.310 e. The molecule has 0 aliphatic carbocycles. The lowest BCUT2D eigenvalue weighted by molar-refractivity contribution is -0.145. The zero-order valence-electron chi connectivity index (χ0n) is 11.6. The maximum absolute atomic E-state index is 11.7. The Hall–Kier alpha value is -2.18. The highest BCUT2D eigenvalue weighted by Gasteiger charge is 2.27. The molecule has 0 bridgehead atoms. The van der Waals surface area contributed by atoms with Gasteiger partial charge in [0.05, 0.1) is 13.0 Å². The molecule has 0 spiro atoms. The van der Waals surface area contributed by atoms with Crippen LogP contribution in [0.5, 0.6) is 0 Å². The molecule has 1 aliphatic heterocycles. The zero-order chi connectivity index (χ0) is 14.1. The van der Waals surface area contributed by atoms with Gasteiger partial charge in [0.1, 0.15) is 5.82 Å². The first kappa shape index (κ1) is 12.8. The monoisotopic (exact) mass is 275 g/mol. The molecule has 0 unspecified atom stereocenters. The van der Waals surface area contributed by atoms with E-state index in [0.717, 1.165) is 36.7 Å². The summed E-state index contributed by atoms with van der Waals surface area (Å²) in [4.78, 5) is 13.8. The summed E-state index contributed by atoms with van der Waals surface area (Å²) in [6, 6.07) is 3.81. The van der Waals surface area contributed by atoms with Gasteiger partial charge < -0.3 is 9.64 Å². The second-order valence-electron chi connectivity index (χ2n) is 5.02. The lowest BCUT2D eigenvalue weighted by Crippen LogP contribution is -2.39. The second kappa shape index (κ2) is 5.07. The smallest absolute Gasteiger partial charge is 0.310 e. The predicted octanol–water partition coefficient (Wildman–Crippen LogP) is 0.822. The van der Waals surface area contributed by atoms with Crippen LogP contribution in [0.1, 0.15) is 18.7 Å². The normalized spacial score (nSPS) is 19.3. The van der Waals surface area contributed by atoms with E-state index in [1.807, 2.05) is 19.1 Å². The van der Waals surface area contributed by atoms with E-state index in [1.54, 1.807) is 4.52 Å². The van der Waals surface area contributed by atoms with Crippen molar-refractivity contribution in [2.24, 2.45) is 5.92 Å². The Balaban J connectivity index is 1.86. The van der Waals surface area contributed by atoms with Crippen LogP contribution in [-0.4, -0.2) is 46.0 Å². The highest BCUT2D eigenvalue weighted by atomic mass is 16.5. The van der Waals surface area contributed by atoms with Crippen molar-refractivity contribution in [2.45, 2.75) is 19.8 Å². The van der Waals surface area contributed by atoms with Gasteiger partial charge in [0, 0.05) is 13.1 Å². The third-order valence-corrected chi connectivity index (χ3v) is 3.68. The number of aromatic nitrogens is 4. The fourth-order valence-electron chi connectivity index (χ4n) is 2.60. The Morgan fingerprint density at radius 3 is 3.05 bits per heavy atom. The summed E-state index contributed by atoms with van der Waals surface area (Å²) < 4.78 is 6.56. The third kappa shape index (κ3) is 2.19. The van der Waals surface area contributed by atoms with Crippen LogP contribution in [0.25, 0.3) is 5.65 Å². The van der Waals surface area contributed by atoms with Crippen molar-refractivity contribution in [3.8, 4) is 0 Å². The molecule has 2 aromatic rings. The summed E-state index contributed by atoms with van der Waals surface area (Å²) in [5, 5.41) is 12.6. The number of carbonyl (C=O) groups excluding carboxylic acids is 1. The molecule has 0 amide bonds. The summed E-state index contributed by atoms with van der Waals surface area (Å²) in [7, 11) is 1.44. The standard InChI is InChI=1S/C13H17N5O2/c1-9-14-15-11-5-6-12(16-18(9)11)17-7-3-4-10(8-17)13(19)20-2/h5-6,10H,3-4,7-8H2,1-2H3/t10-/m1/s1. The van der Waals surface area contributed by atoms with Crippen LogP contribution in [0.4, 0.5) is 5.82 Å². The molecular weight excluding hydrogens is 258 g/mol. The van der Waals surface area contributed by atoms with Gasteiger partial charge in [0.2, 0.25) is 0 Å². The van der Waals surface area contributed by atoms with Crippen molar-refractivity contribution < 1.29 is 9.53 Å². The number of rotatable bonds is 2. The van der Waals surface area contributed by atoms with E-state index in [4.69, 9.17) is 4.74 Å². The summed E-state index contributed by atoms with van der Waals surface area (Å²) in [6.07, 6.45) is 1.83. The molecule has 0 radical (unpaired) electrons. The number of anilines is 1. The van der Waals surface area contributed by atoms with Crippen molar-refractivity contribution in [3.05, 3.63) is 18.0 Å². The topological polar surface area (TPSA) is 72.6 Å². The van der Waals surface area contributed by atoms with Crippen LogP contribution in [0.15, 0.2) is 12.1 Å². The van der Waals surface area contributed by atoms with Crippen molar-refractivity contribution in [3.63, 3.8) is 0 Å². The number of piperidine rings is 1. The number of methoxy groups -OCH3 is 1. The van der Waals surface area contributed by atoms with Crippen molar-refractivity contribution in [2.75, 3.05) is 25.1 Å². The van der Waals surface area contributed by atoms with Crippen LogP contribution in [0, 0.1) is 12.8 Å². The average molecular weight is 275 g/mol. The molecule has 1 atom stereocenters. The average Bonchev–Trinajstić information content (AvgIpc) is 2.87. The highest BCUT2D eigenvalue weighted by molar-refractivity contribution is 5.73. The number of ether oxygens (including phenoxy) is 1. The first-order valence-corrected chi connectivity index (χ1v) is 6.71. The number of carbonyl (C=O) groups is 1. The molecular formula is C13H17N5O2. The molecule has 7 nitrogen and oxygen atoms in total. The Morgan fingerprint density at radius 1 is 1.40 bits per heavy atom. The quantitative estimate of drug-likeness (QED) is 0.756. The number of esters is 1. The Bertz CT molecular complexity index is 639. The molecule has 1 fully saturated rings. The lowest BCUT2D eigenvalue weighted by atomic mass is 9.98. The van der Waals surface area contributed by atoms with E-state index >= 15 is 0 Å². The molecule has 2 aromatic heterocycles. The van der Waals surface area contributed by atoms with Crippen LogP contribution in [0.2, 0.25) is 0 Å². The molecule has 7 heteroatoms. The van der Waals surface area contributed by atoms with Crippen molar-refractivity contribution in [1.29, 1.82) is 0 Å². The Morgan fingerprint density at radius 2 is 2.25 bits per heavy atom. The van der Waals surface area contributed by atoms with E-state index in [-0.39, 0.29) is 11.9 Å². The summed E-state index contributed by atoms with van der Waals surface area (Å²) in [6.45, 7) is 3.41. The molecule has 0 saturated carbocycles. The van der Waals surface area contributed by atoms with Crippen LogP contribution < -0.4 is 4.90 Å². The van der Waals surface area contributed by atoms with Crippen LogP contribution in [0.3, 0.4) is 0 Å². The predicted molar refractivity (Wildman–Crippen MR) is 72.5 cm³/mol. The van der Waals surface area contributed by atoms with Gasteiger partial charge >= 0.3 is 5.97 Å². The van der Waals surface area contributed by atoms with E-state index < -0.39 is 0 Å². The molecule has 0 N–H and O–H groups in total. The molecule has 3 rings (SSSR count). The van der Waals surface area contributed by atoms with E-state index in [1.165, 1.54) is 7.11 Å². The van der Waals surface area contributed by atoms with Crippen molar-refractivity contribution >= 4 is 17.4 Å². The van der Waals surface area contributed by atoms with Crippen LogP contribution >= 0.6 is 0 Å². The van der Waals surface area contributed by atoms with Gasteiger partial charge in [-0.05, 0) is 31.9 Å². The molecule has 3 heterocycles. The molecule has 106 valence electrons. The fourth-order valence-corrected chi connectivity index (χ4v) is 2.60. The number of hydrogen-bond acceptors (Lipinski definition) is 6. The molecule has 1 aliphatic rings. The lowest BCUT2D eigenvalue weighted by Gasteiger charge is -2.31. The first-order valence-electron chi connectivity index (χ1n) is 6.71.